The van der Waals surface area contributed by atoms with Crippen LogP contribution < -0.4 is 10.9 Å². The van der Waals surface area contributed by atoms with Crippen molar-refractivity contribution in [2.75, 3.05) is 0 Å². The SMILES string of the molecule is Cn1ncc2c(=O)n(CCC(=O)NCc3ccccc3F)cnc21. The van der Waals surface area contributed by atoms with Gasteiger partial charge in [0.15, 0.2) is 5.65 Å². The fourth-order valence-corrected chi connectivity index (χ4v) is 2.37. The lowest BCUT2D eigenvalue weighted by atomic mass is 10.2. The van der Waals surface area contributed by atoms with Gasteiger partial charge in [-0.2, -0.15) is 5.10 Å². The average Bonchev–Trinajstić information content (AvgIpc) is 2.95. The van der Waals surface area contributed by atoms with Crippen molar-refractivity contribution in [3.8, 4) is 0 Å². The van der Waals surface area contributed by atoms with E-state index in [0.29, 0.717) is 16.6 Å². The van der Waals surface area contributed by atoms with E-state index >= 15 is 0 Å². The van der Waals surface area contributed by atoms with Crippen LogP contribution in [0.4, 0.5) is 4.39 Å². The van der Waals surface area contributed by atoms with E-state index in [4.69, 9.17) is 0 Å². The topological polar surface area (TPSA) is 81.8 Å². The number of aromatic nitrogens is 4. The molecule has 1 N–H and O–H groups in total. The summed E-state index contributed by atoms with van der Waals surface area (Å²) in [7, 11) is 1.70. The van der Waals surface area contributed by atoms with Gasteiger partial charge in [-0.3, -0.25) is 18.8 Å². The van der Waals surface area contributed by atoms with Crippen molar-refractivity contribution in [1.82, 2.24) is 24.6 Å². The average molecular weight is 329 g/mol. The highest BCUT2D eigenvalue weighted by Crippen LogP contribution is 2.06. The number of hydrogen-bond donors (Lipinski definition) is 1. The first-order valence-electron chi connectivity index (χ1n) is 7.43. The molecule has 0 aliphatic rings. The third-order valence-electron chi connectivity index (χ3n) is 3.73. The fourth-order valence-electron chi connectivity index (χ4n) is 2.37. The van der Waals surface area contributed by atoms with Gasteiger partial charge in [-0.1, -0.05) is 18.2 Å². The van der Waals surface area contributed by atoms with Crippen LogP contribution in [0.5, 0.6) is 0 Å². The molecule has 0 unspecified atom stereocenters. The van der Waals surface area contributed by atoms with Crippen LogP contribution in [0.1, 0.15) is 12.0 Å². The van der Waals surface area contributed by atoms with E-state index in [2.05, 4.69) is 15.4 Å². The van der Waals surface area contributed by atoms with E-state index in [9.17, 15) is 14.0 Å². The molecule has 2 heterocycles. The molecule has 1 aromatic carbocycles. The first-order chi connectivity index (χ1) is 11.6. The number of nitrogens with one attached hydrogen (secondary N) is 1. The van der Waals surface area contributed by atoms with Gasteiger partial charge in [0.2, 0.25) is 5.91 Å². The summed E-state index contributed by atoms with van der Waals surface area (Å²) >= 11 is 0. The molecular weight excluding hydrogens is 313 g/mol. The van der Waals surface area contributed by atoms with Crippen molar-refractivity contribution in [2.24, 2.45) is 7.05 Å². The molecule has 0 bridgehead atoms. The molecule has 0 fully saturated rings. The number of fused-ring (bicyclic) bond motifs is 1. The normalized spacial score (nSPS) is 10.9. The lowest BCUT2D eigenvalue weighted by Gasteiger charge is -2.07. The molecule has 3 aromatic rings. The van der Waals surface area contributed by atoms with E-state index in [1.165, 1.54) is 27.8 Å². The third-order valence-corrected chi connectivity index (χ3v) is 3.73. The second-order valence-electron chi connectivity index (χ2n) is 5.37. The van der Waals surface area contributed by atoms with Crippen LogP contribution in [0.15, 0.2) is 41.6 Å². The quantitative estimate of drug-likeness (QED) is 0.756. The largest absolute Gasteiger partial charge is 0.352 e. The van der Waals surface area contributed by atoms with Gasteiger partial charge in [0.25, 0.3) is 5.56 Å². The van der Waals surface area contributed by atoms with Crippen molar-refractivity contribution in [1.29, 1.82) is 0 Å². The van der Waals surface area contributed by atoms with Crippen LogP contribution in [-0.4, -0.2) is 25.2 Å². The molecule has 2 aromatic heterocycles. The lowest BCUT2D eigenvalue weighted by molar-refractivity contribution is -0.121. The molecule has 7 nitrogen and oxygen atoms in total. The lowest BCUT2D eigenvalue weighted by Crippen LogP contribution is -2.27. The number of nitrogens with zero attached hydrogens (tertiary/aromatic N) is 4. The summed E-state index contributed by atoms with van der Waals surface area (Å²) in [5, 5.41) is 7.04. The van der Waals surface area contributed by atoms with Crippen LogP contribution in [0, 0.1) is 5.82 Å². The predicted molar refractivity (Wildman–Crippen MR) is 85.6 cm³/mol. The van der Waals surface area contributed by atoms with Gasteiger partial charge < -0.3 is 5.32 Å². The third kappa shape index (κ3) is 3.17. The monoisotopic (exact) mass is 329 g/mol. The van der Waals surface area contributed by atoms with Crippen molar-refractivity contribution in [3.63, 3.8) is 0 Å². The zero-order chi connectivity index (χ0) is 17.1. The Kier molecular flexibility index (Phi) is 4.37. The zero-order valence-electron chi connectivity index (χ0n) is 13.1. The molecule has 0 saturated carbocycles. The highest BCUT2D eigenvalue weighted by atomic mass is 19.1. The van der Waals surface area contributed by atoms with E-state index < -0.39 is 0 Å². The minimum atomic E-state index is -0.361. The Morgan fingerprint density at radius 2 is 2.12 bits per heavy atom. The Hall–Kier alpha value is -3.03. The predicted octanol–water partition coefficient (Wildman–Crippen LogP) is 0.976. The summed E-state index contributed by atoms with van der Waals surface area (Å²) in [5.41, 5.74) is 0.678. The molecule has 0 radical (unpaired) electrons. The number of hydrogen-bond acceptors (Lipinski definition) is 4. The number of amides is 1. The zero-order valence-corrected chi connectivity index (χ0v) is 13.1. The first kappa shape index (κ1) is 15.9. The van der Waals surface area contributed by atoms with E-state index in [0.717, 1.165) is 0 Å². The van der Waals surface area contributed by atoms with Gasteiger partial charge >= 0.3 is 0 Å². The van der Waals surface area contributed by atoms with E-state index in [-0.39, 0.29) is 36.8 Å². The van der Waals surface area contributed by atoms with Gasteiger partial charge in [-0.05, 0) is 6.07 Å². The van der Waals surface area contributed by atoms with Gasteiger partial charge in [0, 0.05) is 32.1 Å². The molecule has 1 amide bonds. The minimum Gasteiger partial charge on any atom is -0.352 e. The van der Waals surface area contributed by atoms with Crippen LogP contribution in [0.25, 0.3) is 11.0 Å². The highest BCUT2D eigenvalue weighted by Gasteiger charge is 2.10. The molecule has 24 heavy (non-hydrogen) atoms. The number of benzene rings is 1. The first-order valence-corrected chi connectivity index (χ1v) is 7.43. The standard InChI is InChI=1S/C16H16FN5O2/c1-21-15-12(9-20-21)16(24)22(10-19-15)7-6-14(23)18-8-11-4-2-3-5-13(11)17/h2-5,9-10H,6-8H2,1H3,(H,18,23). The molecule has 0 aliphatic heterocycles. The number of carbonyl (C=O) groups is 1. The molecule has 0 spiro atoms. The molecule has 0 saturated heterocycles. The smallest absolute Gasteiger partial charge is 0.264 e. The second kappa shape index (κ2) is 6.61. The Morgan fingerprint density at radius 3 is 2.92 bits per heavy atom. The summed E-state index contributed by atoms with van der Waals surface area (Å²) in [6.45, 7) is 0.306. The van der Waals surface area contributed by atoms with Gasteiger partial charge in [0.1, 0.15) is 11.2 Å². The van der Waals surface area contributed by atoms with Crippen molar-refractivity contribution < 1.29 is 9.18 Å². The molecule has 124 valence electrons. The summed E-state index contributed by atoms with van der Waals surface area (Å²) < 4.78 is 16.4. The van der Waals surface area contributed by atoms with Crippen LogP contribution in [0.2, 0.25) is 0 Å². The summed E-state index contributed by atoms with van der Waals surface area (Å²) in [6, 6.07) is 6.25. The maximum absolute atomic E-state index is 13.5. The second-order valence-corrected chi connectivity index (χ2v) is 5.37. The fraction of sp³-hybridized carbons (Fsp3) is 0.250. The molecule has 0 atom stereocenters. The number of halogens is 1. The number of aryl methyl sites for hydroxylation is 2. The van der Waals surface area contributed by atoms with Gasteiger partial charge in [-0.25, -0.2) is 9.37 Å². The Balaban J connectivity index is 1.61. The summed E-state index contributed by atoms with van der Waals surface area (Å²) in [5.74, 6) is -0.628. The van der Waals surface area contributed by atoms with Gasteiger partial charge in [-0.15, -0.1) is 0 Å². The number of rotatable bonds is 5. The minimum absolute atomic E-state index is 0.0990. The Bertz CT molecular complexity index is 947. The molecule has 8 heteroatoms. The maximum atomic E-state index is 13.5. The highest BCUT2D eigenvalue weighted by molar-refractivity contribution is 5.76. The van der Waals surface area contributed by atoms with Gasteiger partial charge in [0.05, 0.1) is 12.5 Å². The van der Waals surface area contributed by atoms with Crippen molar-refractivity contribution >= 4 is 16.9 Å². The Morgan fingerprint density at radius 1 is 1.33 bits per heavy atom. The van der Waals surface area contributed by atoms with Crippen LogP contribution >= 0.6 is 0 Å². The summed E-state index contributed by atoms with van der Waals surface area (Å²) in [6.07, 6.45) is 2.96. The van der Waals surface area contributed by atoms with E-state index in [1.54, 1.807) is 25.2 Å². The molecule has 0 aliphatic carbocycles. The Labute approximate surface area is 136 Å². The summed E-state index contributed by atoms with van der Waals surface area (Å²) in [4.78, 5) is 28.3. The van der Waals surface area contributed by atoms with Crippen LogP contribution in [-0.2, 0) is 24.9 Å². The van der Waals surface area contributed by atoms with Crippen LogP contribution in [0.3, 0.4) is 0 Å². The number of carbonyl (C=O) groups excluding carboxylic acids is 1. The molecular formula is C16H16FN5O2. The van der Waals surface area contributed by atoms with Crippen molar-refractivity contribution in [3.05, 3.63) is 58.5 Å². The van der Waals surface area contributed by atoms with Crippen molar-refractivity contribution in [2.45, 2.75) is 19.5 Å². The molecule has 3 rings (SSSR count). The van der Waals surface area contributed by atoms with E-state index in [1.807, 2.05) is 0 Å². The maximum Gasteiger partial charge on any atom is 0.264 e.